The van der Waals surface area contributed by atoms with Crippen LogP contribution in [-0.4, -0.2) is 76.5 Å². The first-order valence-electron chi connectivity index (χ1n) is 10.8. The molecule has 0 radical (unpaired) electrons. The van der Waals surface area contributed by atoms with E-state index in [9.17, 15) is 18.0 Å². The maximum Gasteiger partial charge on any atom is 0.254 e. The van der Waals surface area contributed by atoms with Gasteiger partial charge >= 0.3 is 0 Å². The molecule has 2 aromatic rings. The molecule has 0 aromatic heterocycles. The summed E-state index contributed by atoms with van der Waals surface area (Å²) in [6, 6.07) is 13.8. The Morgan fingerprint density at radius 3 is 2.44 bits per heavy atom. The first kappa shape index (κ1) is 26.3. The molecule has 2 aromatic carbocycles. The molecule has 0 unspecified atom stereocenters. The fourth-order valence-corrected chi connectivity index (χ4v) is 5.37. The number of hydrogen-bond donors (Lipinski definition) is 1. The van der Waals surface area contributed by atoms with Crippen LogP contribution in [0, 0.1) is 0 Å². The fraction of sp³-hybridized carbons (Fsp3) is 0.391. The topological polar surface area (TPSA) is 96.0 Å². The summed E-state index contributed by atoms with van der Waals surface area (Å²) in [5.41, 5.74) is 1.81. The number of amides is 2. The Balaban J connectivity index is 1.52. The number of halogens is 1. The van der Waals surface area contributed by atoms with Gasteiger partial charge in [0.05, 0.1) is 25.2 Å². The quantitative estimate of drug-likeness (QED) is 0.479. The van der Waals surface area contributed by atoms with Crippen LogP contribution in [0.4, 0.5) is 5.69 Å². The van der Waals surface area contributed by atoms with Crippen molar-refractivity contribution >= 4 is 50.9 Å². The van der Waals surface area contributed by atoms with Crippen molar-refractivity contribution in [3.63, 3.8) is 0 Å². The standard InChI is InChI=1S/C23H28ClN3O5S2/c1-34(30,31)27(16-22(28)25-10-15-33-17-19-4-2-3-5-21(19)24)20-8-6-18(7-9-20)23(29)26-11-13-32-14-12-26/h2-9H,10-17H2,1H3,(H,25,28). The van der Waals surface area contributed by atoms with Crippen molar-refractivity contribution < 1.29 is 22.7 Å². The number of benzene rings is 2. The molecule has 34 heavy (non-hydrogen) atoms. The third-order valence-electron chi connectivity index (χ3n) is 5.17. The molecular weight excluding hydrogens is 498 g/mol. The summed E-state index contributed by atoms with van der Waals surface area (Å²) in [5.74, 6) is 0.847. The van der Waals surface area contributed by atoms with Gasteiger partial charge in [0.1, 0.15) is 6.54 Å². The normalized spacial score (nSPS) is 14.0. The zero-order valence-corrected chi connectivity index (χ0v) is 21.3. The minimum absolute atomic E-state index is 0.132. The highest BCUT2D eigenvalue weighted by atomic mass is 35.5. The highest BCUT2D eigenvalue weighted by molar-refractivity contribution is 7.98. The second kappa shape index (κ2) is 12.4. The molecule has 3 rings (SSSR count). The second-order valence-electron chi connectivity index (χ2n) is 7.72. The van der Waals surface area contributed by atoms with Crippen LogP contribution in [0.3, 0.4) is 0 Å². The summed E-state index contributed by atoms with van der Waals surface area (Å²) < 4.78 is 31.0. The summed E-state index contributed by atoms with van der Waals surface area (Å²) >= 11 is 7.77. The molecule has 1 heterocycles. The number of hydrogen-bond acceptors (Lipinski definition) is 6. The van der Waals surface area contributed by atoms with Gasteiger partial charge in [-0.15, -0.1) is 0 Å². The summed E-state index contributed by atoms with van der Waals surface area (Å²) in [7, 11) is -3.70. The lowest BCUT2D eigenvalue weighted by Crippen LogP contribution is -2.41. The van der Waals surface area contributed by atoms with E-state index in [0.29, 0.717) is 54.9 Å². The molecule has 2 amide bonds. The van der Waals surface area contributed by atoms with E-state index in [1.807, 2.05) is 24.3 Å². The molecule has 0 aliphatic carbocycles. The minimum Gasteiger partial charge on any atom is -0.378 e. The number of thioether (sulfide) groups is 1. The number of carbonyl (C=O) groups excluding carboxylic acids is 2. The molecule has 0 atom stereocenters. The van der Waals surface area contributed by atoms with Gasteiger partial charge in [-0.2, -0.15) is 11.8 Å². The van der Waals surface area contributed by atoms with E-state index in [1.54, 1.807) is 40.9 Å². The van der Waals surface area contributed by atoms with Crippen LogP contribution >= 0.6 is 23.4 Å². The lowest BCUT2D eigenvalue weighted by molar-refractivity contribution is -0.119. The Kier molecular flexibility index (Phi) is 9.63. The molecule has 8 nitrogen and oxygen atoms in total. The highest BCUT2D eigenvalue weighted by Gasteiger charge is 2.22. The number of rotatable bonds is 10. The molecule has 1 fully saturated rings. The van der Waals surface area contributed by atoms with E-state index >= 15 is 0 Å². The monoisotopic (exact) mass is 525 g/mol. The van der Waals surface area contributed by atoms with E-state index in [1.165, 1.54) is 0 Å². The molecule has 0 spiro atoms. The van der Waals surface area contributed by atoms with E-state index < -0.39 is 15.9 Å². The number of nitrogens with one attached hydrogen (secondary N) is 1. The molecule has 11 heteroatoms. The van der Waals surface area contributed by atoms with Gasteiger partial charge in [-0.05, 0) is 35.9 Å². The summed E-state index contributed by atoms with van der Waals surface area (Å²) in [6.07, 6.45) is 1.05. The van der Waals surface area contributed by atoms with Crippen LogP contribution in [-0.2, 0) is 25.3 Å². The Morgan fingerprint density at radius 2 is 1.79 bits per heavy atom. The van der Waals surface area contributed by atoms with Gasteiger partial charge in [0.25, 0.3) is 5.91 Å². The summed E-state index contributed by atoms with van der Waals surface area (Å²) in [5, 5.41) is 3.47. The predicted octanol–water partition coefficient (Wildman–Crippen LogP) is 2.63. The van der Waals surface area contributed by atoms with Gasteiger partial charge in [-0.3, -0.25) is 13.9 Å². The van der Waals surface area contributed by atoms with E-state index in [4.69, 9.17) is 16.3 Å². The molecular formula is C23H28ClN3O5S2. The molecule has 1 aliphatic rings. The summed E-state index contributed by atoms with van der Waals surface area (Å²) in [4.78, 5) is 26.7. The smallest absolute Gasteiger partial charge is 0.254 e. The number of anilines is 1. The average Bonchev–Trinajstić information content (AvgIpc) is 2.83. The molecule has 0 bridgehead atoms. The van der Waals surface area contributed by atoms with E-state index in [0.717, 1.165) is 21.9 Å². The number of ether oxygens (including phenoxy) is 1. The average molecular weight is 526 g/mol. The van der Waals surface area contributed by atoms with Crippen molar-refractivity contribution in [1.29, 1.82) is 0 Å². The largest absolute Gasteiger partial charge is 0.378 e. The number of sulfonamides is 1. The van der Waals surface area contributed by atoms with E-state index in [2.05, 4.69) is 5.32 Å². The fourth-order valence-electron chi connectivity index (χ4n) is 3.37. The lowest BCUT2D eigenvalue weighted by atomic mass is 10.1. The Morgan fingerprint density at radius 1 is 1.12 bits per heavy atom. The Bertz CT molecular complexity index is 1090. The maximum absolute atomic E-state index is 12.6. The minimum atomic E-state index is -3.70. The molecule has 1 N–H and O–H groups in total. The van der Waals surface area contributed by atoms with Gasteiger partial charge in [0.2, 0.25) is 15.9 Å². The van der Waals surface area contributed by atoms with Crippen molar-refractivity contribution in [3.05, 3.63) is 64.7 Å². The zero-order valence-electron chi connectivity index (χ0n) is 18.9. The van der Waals surface area contributed by atoms with Crippen molar-refractivity contribution in [2.75, 3.05) is 55.7 Å². The van der Waals surface area contributed by atoms with E-state index in [-0.39, 0.29) is 12.5 Å². The first-order valence-corrected chi connectivity index (χ1v) is 14.2. The zero-order chi connectivity index (χ0) is 24.6. The van der Waals surface area contributed by atoms with Gasteiger partial charge in [-0.1, -0.05) is 29.8 Å². The van der Waals surface area contributed by atoms with Gasteiger partial charge in [0, 0.05) is 41.7 Å². The van der Waals surface area contributed by atoms with Crippen molar-refractivity contribution in [2.24, 2.45) is 0 Å². The first-order chi connectivity index (χ1) is 16.3. The van der Waals surface area contributed by atoms with Crippen LogP contribution in [0.25, 0.3) is 0 Å². The third-order valence-corrected chi connectivity index (χ3v) is 7.69. The number of carbonyl (C=O) groups is 2. The number of morpholine rings is 1. The van der Waals surface area contributed by atoms with Gasteiger partial charge < -0.3 is 15.0 Å². The molecule has 0 saturated carbocycles. The van der Waals surface area contributed by atoms with Crippen molar-refractivity contribution in [3.8, 4) is 0 Å². The van der Waals surface area contributed by atoms with Crippen molar-refractivity contribution in [1.82, 2.24) is 10.2 Å². The van der Waals surface area contributed by atoms with Gasteiger partial charge in [-0.25, -0.2) is 8.42 Å². The highest BCUT2D eigenvalue weighted by Crippen LogP contribution is 2.21. The predicted molar refractivity (Wildman–Crippen MR) is 136 cm³/mol. The Hall–Kier alpha value is -2.27. The number of nitrogens with zero attached hydrogens (tertiary/aromatic N) is 2. The lowest BCUT2D eigenvalue weighted by Gasteiger charge is -2.27. The molecule has 1 saturated heterocycles. The third kappa shape index (κ3) is 7.63. The van der Waals surface area contributed by atoms with Gasteiger partial charge in [0.15, 0.2) is 0 Å². The SMILES string of the molecule is CS(=O)(=O)N(CC(=O)NCCSCc1ccccc1Cl)c1ccc(C(=O)N2CCOCC2)cc1. The van der Waals surface area contributed by atoms with Crippen LogP contribution in [0.15, 0.2) is 48.5 Å². The van der Waals surface area contributed by atoms with Crippen molar-refractivity contribution in [2.45, 2.75) is 5.75 Å². The van der Waals surface area contributed by atoms with Crippen LogP contribution < -0.4 is 9.62 Å². The Labute approximate surface area is 209 Å². The molecule has 1 aliphatic heterocycles. The van der Waals surface area contributed by atoms with Crippen LogP contribution in [0.2, 0.25) is 5.02 Å². The molecule has 184 valence electrons. The second-order valence-corrected chi connectivity index (χ2v) is 11.1. The van der Waals surface area contributed by atoms with Crippen LogP contribution in [0.1, 0.15) is 15.9 Å². The van der Waals surface area contributed by atoms with Crippen LogP contribution in [0.5, 0.6) is 0 Å². The summed E-state index contributed by atoms with van der Waals surface area (Å²) in [6.45, 7) is 2.10. The maximum atomic E-state index is 12.6.